The summed E-state index contributed by atoms with van der Waals surface area (Å²) in [6.07, 6.45) is 7.35. The molecule has 336 valence electrons. The summed E-state index contributed by atoms with van der Waals surface area (Å²) in [4.78, 5) is 46.6. The summed E-state index contributed by atoms with van der Waals surface area (Å²) in [7, 11) is 0. The van der Waals surface area contributed by atoms with E-state index in [-0.39, 0.29) is 24.1 Å². The third kappa shape index (κ3) is 9.36. The Balaban J connectivity index is 0.791. The number of hydrogen-bond acceptors (Lipinski definition) is 8. The predicted molar refractivity (Wildman–Crippen MR) is 255 cm³/mol. The number of piperazine rings is 1. The van der Waals surface area contributed by atoms with Crippen LogP contribution < -0.4 is 24.6 Å². The van der Waals surface area contributed by atoms with E-state index in [9.17, 15) is 14.4 Å². The van der Waals surface area contributed by atoms with E-state index in [1.807, 2.05) is 6.07 Å². The average molecular weight is 865 g/mol. The molecule has 3 amide bonds. The lowest BCUT2D eigenvalue weighted by Gasteiger charge is -2.40. The monoisotopic (exact) mass is 864 g/mol. The first-order valence-electron chi connectivity index (χ1n) is 23.8. The van der Waals surface area contributed by atoms with Gasteiger partial charge < -0.3 is 28.7 Å². The number of nitrogens with one attached hydrogen (secondary N) is 1. The lowest BCUT2D eigenvalue weighted by atomic mass is 9.95. The summed E-state index contributed by atoms with van der Waals surface area (Å²) in [5.74, 6) is 1.77. The fraction of sp³-hybridized carbons (Fsp3) is 0.453. The van der Waals surface area contributed by atoms with Crippen LogP contribution in [-0.4, -0.2) is 97.2 Å². The van der Waals surface area contributed by atoms with Crippen molar-refractivity contribution in [2.24, 2.45) is 5.92 Å². The Bertz CT molecular complexity index is 2450. The number of aryl methyl sites for hydroxylation is 1. The van der Waals surface area contributed by atoms with Crippen molar-refractivity contribution in [3.63, 3.8) is 0 Å². The summed E-state index contributed by atoms with van der Waals surface area (Å²) >= 11 is 0. The molecular formula is C53H64N6O5. The number of aromatic nitrogens is 1. The fourth-order valence-corrected chi connectivity index (χ4v) is 10.2. The Kier molecular flexibility index (Phi) is 13.2. The van der Waals surface area contributed by atoms with Crippen molar-refractivity contribution in [3.8, 4) is 22.8 Å². The van der Waals surface area contributed by atoms with Gasteiger partial charge in [0.25, 0.3) is 5.91 Å². The Morgan fingerprint density at radius 3 is 2.08 bits per heavy atom. The summed E-state index contributed by atoms with van der Waals surface area (Å²) in [6, 6.07) is 29.9. The molecule has 1 N–H and O–H groups in total. The Morgan fingerprint density at radius 2 is 1.38 bits per heavy atom. The van der Waals surface area contributed by atoms with Gasteiger partial charge in [-0.2, -0.15) is 0 Å². The SMILES string of the molecule is CCCCOc1ccc(-c2c(C)c3cc(OCCCC)ccc3n2Cc2ccc(N3CCC(CN4CCN(c5ccc6c(c5)CN(C5CCC(=O)NC5=O)C6=O)CC4)CC3)cc2)cc1. The minimum Gasteiger partial charge on any atom is -0.494 e. The standard InChI is InChI=1S/C53H64N6O5/c1-4-6-30-63-44-15-10-40(11-16-44)51-37(3)47-33-45(64-31-7-5-2)17-19-48(47)58(51)35-38-8-12-42(13-9-38)56-24-22-39(23-25-56)34-55-26-28-57(29-27-55)43-14-18-46-41(32-43)36-59(53(46)62)49-20-21-50(60)54-52(49)61/h8-19,32-33,39,49H,4-7,20-31,34-36H2,1-3H3,(H,54,60,61). The molecule has 0 aliphatic carbocycles. The van der Waals surface area contributed by atoms with Gasteiger partial charge in [-0.05, 0) is 140 Å². The van der Waals surface area contributed by atoms with Gasteiger partial charge in [0, 0.05) is 93.2 Å². The van der Waals surface area contributed by atoms with Crippen LogP contribution in [-0.2, 0) is 22.7 Å². The van der Waals surface area contributed by atoms with E-state index in [0.29, 0.717) is 24.4 Å². The maximum atomic E-state index is 13.2. The first-order valence-corrected chi connectivity index (χ1v) is 23.8. The molecule has 5 heterocycles. The first-order chi connectivity index (χ1) is 31.3. The van der Waals surface area contributed by atoms with Crippen molar-refractivity contribution >= 4 is 40.0 Å². The summed E-state index contributed by atoms with van der Waals surface area (Å²) in [5, 5.41) is 3.63. The molecular weight excluding hydrogens is 801 g/mol. The number of anilines is 2. The van der Waals surface area contributed by atoms with Crippen molar-refractivity contribution < 1.29 is 23.9 Å². The number of piperidine rings is 2. The number of fused-ring (bicyclic) bond motifs is 2. The average Bonchev–Trinajstić information content (AvgIpc) is 3.78. The molecule has 64 heavy (non-hydrogen) atoms. The highest BCUT2D eigenvalue weighted by Crippen LogP contribution is 2.37. The van der Waals surface area contributed by atoms with Crippen molar-refractivity contribution in [3.05, 3.63) is 107 Å². The number of nitrogens with zero attached hydrogens (tertiary/aromatic N) is 5. The molecule has 4 aliphatic heterocycles. The van der Waals surface area contributed by atoms with Crippen LogP contribution in [0.2, 0.25) is 0 Å². The summed E-state index contributed by atoms with van der Waals surface area (Å²) in [6.45, 7) is 16.5. The molecule has 1 aromatic heterocycles. The topological polar surface area (TPSA) is 99.6 Å². The van der Waals surface area contributed by atoms with Crippen LogP contribution in [0.15, 0.2) is 84.9 Å². The number of carbonyl (C=O) groups is 3. The molecule has 4 aliphatic rings. The zero-order valence-electron chi connectivity index (χ0n) is 37.9. The second-order valence-electron chi connectivity index (χ2n) is 18.3. The number of rotatable bonds is 16. The van der Waals surface area contributed by atoms with E-state index < -0.39 is 6.04 Å². The molecule has 1 atom stereocenters. The van der Waals surface area contributed by atoms with Gasteiger partial charge in [0.05, 0.1) is 18.9 Å². The highest BCUT2D eigenvalue weighted by atomic mass is 16.5. The molecule has 3 fully saturated rings. The first kappa shape index (κ1) is 43.4. The second kappa shape index (κ2) is 19.5. The molecule has 3 saturated heterocycles. The summed E-state index contributed by atoms with van der Waals surface area (Å²) < 4.78 is 14.6. The van der Waals surface area contributed by atoms with E-state index >= 15 is 0 Å². The van der Waals surface area contributed by atoms with E-state index in [4.69, 9.17) is 9.47 Å². The van der Waals surface area contributed by atoms with E-state index in [1.54, 1.807) is 4.90 Å². The molecule has 11 nitrogen and oxygen atoms in total. The third-order valence-corrected chi connectivity index (χ3v) is 14.0. The highest BCUT2D eigenvalue weighted by Gasteiger charge is 2.39. The second-order valence-corrected chi connectivity index (χ2v) is 18.3. The fourth-order valence-electron chi connectivity index (χ4n) is 10.2. The van der Waals surface area contributed by atoms with E-state index in [2.05, 4.69) is 124 Å². The van der Waals surface area contributed by atoms with Crippen molar-refractivity contribution in [1.29, 1.82) is 0 Å². The molecule has 0 saturated carbocycles. The van der Waals surface area contributed by atoms with Crippen molar-refractivity contribution in [1.82, 2.24) is 19.7 Å². The van der Waals surface area contributed by atoms with Gasteiger partial charge in [0.2, 0.25) is 11.8 Å². The van der Waals surface area contributed by atoms with Gasteiger partial charge in [-0.15, -0.1) is 0 Å². The number of unbranched alkanes of at least 4 members (excludes halogenated alkanes) is 2. The normalized spacial score (nSPS) is 18.5. The maximum absolute atomic E-state index is 13.2. The van der Waals surface area contributed by atoms with Gasteiger partial charge in [-0.3, -0.25) is 24.6 Å². The van der Waals surface area contributed by atoms with Crippen LogP contribution in [0, 0.1) is 12.8 Å². The lowest BCUT2D eigenvalue weighted by molar-refractivity contribution is -0.136. The zero-order valence-corrected chi connectivity index (χ0v) is 37.9. The Labute approximate surface area is 378 Å². The number of imide groups is 1. The van der Waals surface area contributed by atoms with E-state index in [1.165, 1.54) is 51.8 Å². The van der Waals surface area contributed by atoms with Crippen LogP contribution in [0.4, 0.5) is 11.4 Å². The number of hydrogen-bond donors (Lipinski definition) is 1. The maximum Gasteiger partial charge on any atom is 0.255 e. The molecule has 11 heteroatoms. The van der Waals surface area contributed by atoms with Gasteiger partial charge >= 0.3 is 0 Å². The lowest BCUT2D eigenvalue weighted by Crippen LogP contribution is -2.52. The third-order valence-electron chi connectivity index (χ3n) is 14.0. The Morgan fingerprint density at radius 1 is 0.703 bits per heavy atom. The van der Waals surface area contributed by atoms with Crippen LogP contribution in [0.25, 0.3) is 22.2 Å². The number of benzene rings is 4. The van der Waals surface area contributed by atoms with Crippen molar-refractivity contribution in [2.45, 2.75) is 91.3 Å². The molecule has 4 aromatic carbocycles. The number of carbonyl (C=O) groups excluding carboxylic acids is 3. The largest absolute Gasteiger partial charge is 0.494 e. The van der Waals surface area contributed by atoms with E-state index in [0.717, 1.165) is 114 Å². The van der Waals surface area contributed by atoms with Crippen LogP contribution >= 0.6 is 0 Å². The van der Waals surface area contributed by atoms with Gasteiger partial charge in [-0.25, -0.2) is 0 Å². The van der Waals surface area contributed by atoms with Crippen molar-refractivity contribution in [2.75, 3.05) is 68.8 Å². The molecule has 0 spiro atoms. The smallest absolute Gasteiger partial charge is 0.255 e. The Hall–Kier alpha value is -5.81. The molecule has 1 unspecified atom stereocenters. The minimum absolute atomic E-state index is 0.121. The minimum atomic E-state index is -0.589. The molecule has 0 bridgehead atoms. The number of amides is 3. The zero-order chi connectivity index (χ0) is 44.2. The van der Waals surface area contributed by atoms with Gasteiger partial charge in [0.15, 0.2) is 0 Å². The summed E-state index contributed by atoms with van der Waals surface area (Å²) in [5.41, 5.74) is 10.2. The molecule has 5 aromatic rings. The van der Waals surface area contributed by atoms with Crippen LogP contribution in [0.1, 0.15) is 92.3 Å². The quantitative estimate of drug-likeness (QED) is 0.0777. The highest BCUT2D eigenvalue weighted by molar-refractivity contribution is 6.05. The molecule has 0 radical (unpaired) electrons. The molecule has 9 rings (SSSR count). The number of ether oxygens (including phenoxy) is 2. The predicted octanol–water partition coefficient (Wildman–Crippen LogP) is 8.82. The van der Waals surface area contributed by atoms with Crippen LogP contribution in [0.5, 0.6) is 11.5 Å². The van der Waals surface area contributed by atoms with Gasteiger partial charge in [-0.1, -0.05) is 38.8 Å². The van der Waals surface area contributed by atoms with Crippen LogP contribution in [0.3, 0.4) is 0 Å². The van der Waals surface area contributed by atoms with Gasteiger partial charge in [0.1, 0.15) is 17.5 Å².